The van der Waals surface area contributed by atoms with Crippen molar-refractivity contribution in [3.05, 3.63) is 60.2 Å². The molecule has 1 aromatic heterocycles. The molecule has 0 spiro atoms. The number of aromatic nitrogens is 2. The zero-order chi connectivity index (χ0) is 32.3. The summed E-state index contributed by atoms with van der Waals surface area (Å²) in [7, 11) is 2.17. The average Bonchev–Trinajstić information content (AvgIpc) is 3.43. The number of likely N-dealkylation sites (N-methyl/N-ethyl adjacent to an activating group) is 1. The lowest BCUT2D eigenvalue weighted by Gasteiger charge is -2.38. The molecule has 0 aliphatic carbocycles. The molecule has 0 saturated carbocycles. The Kier molecular flexibility index (Phi) is 9.58. The third-order valence-corrected chi connectivity index (χ3v) is 9.79. The molecule has 4 fully saturated rings. The second kappa shape index (κ2) is 14.1. The number of carbonyl (C=O) groups is 1. The van der Waals surface area contributed by atoms with Crippen LogP contribution >= 0.6 is 0 Å². The van der Waals surface area contributed by atoms with Crippen molar-refractivity contribution in [2.75, 3.05) is 79.8 Å². The number of rotatable bonds is 8. The highest BCUT2D eigenvalue weighted by atomic mass is 16.5. The van der Waals surface area contributed by atoms with Crippen LogP contribution in [0.1, 0.15) is 38.7 Å². The molecule has 11 heteroatoms. The molecule has 2 aromatic carbocycles. The van der Waals surface area contributed by atoms with Gasteiger partial charge in [-0.1, -0.05) is 19.1 Å². The molecule has 4 aliphatic rings. The van der Waals surface area contributed by atoms with Gasteiger partial charge < -0.3 is 34.8 Å². The number of fused-ring (bicyclic) bond motifs is 2. The highest BCUT2D eigenvalue weighted by Crippen LogP contribution is 2.32. The third kappa shape index (κ3) is 7.86. The maximum atomic E-state index is 12.9. The van der Waals surface area contributed by atoms with E-state index in [2.05, 4.69) is 69.3 Å². The quantitative estimate of drug-likeness (QED) is 0.356. The molecule has 7 rings (SSSR count). The minimum Gasteiger partial charge on any atom is -0.372 e. The van der Waals surface area contributed by atoms with Crippen molar-refractivity contribution in [3.63, 3.8) is 0 Å². The molecule has 250 valence electrons. The number of benzene rings is 2. The number of nitrogens with zero attached hydrogens (tertiary/aromatic N) is 6. The molecular weight excluding hydrogens is 592 g/mol. The third-order valence-electron chi connectivity index (χ3n) is 9.79. The van der Waals surface area contributed by atoms with Crippen LogP contribution in [-0.2, 0) is 16.0 Å². The normalized spacial score (nSPS) is 25.2. The summed E-state index contributed by atoms with van der Waals surface area (Å²) in [6.07, 6.45) is 4.01. The molecule has 2 N–H and O–H groups in total. The van der Waals surface area contributed by atoms with Crippen LogP contribution < -0.4 is 20.4 Å². The Hall–Kier alpha value is -3.77. The number of hydrogen-bond acceptors (Lipinski definition) is 9. The highest BCUT2D eigenvalue weighted by Gasteiger charge is 2.35. The molecule has 2 amide bonds. The summed E-state index contributed by atoms with van der Waals surface area (Å²) in [6.45, 7) is 12.9. The van der Waals surface area contributed by atoms with Gasteiger partial charge in [-0.05, 0) is 75.2 Å². The summed E-state index contributed by atoms with van der Waals surface area (Å²) in [5.74, 6) is 2.54. The molecule has 2 bridgehead atoms. The SMILES string of the molecule is CCC1CN(c2cc(N3CC4CCC(C3)O4)nc(-c3ccc(NC(=O)Nc4ccc(CN5CCN(C)CC5)cc4)cc3)n2)CC(C)O1. The monoisotopic (exact) mass is 640 g/mol. The number of anilines is 4. The Bertz CT molecular complexity index is 1500. The van der Waals surface area contributed by atoms with Crippen molar-refractivity contribution in [3.8, 4) is 11.4 Å². The molecule has 4 atom stereocenters. The van der Waals surface area contributed by atoms with Gasteiger partial charge >= 0.3 is 6.03 Å². The molecule has 3 aromatic rings. The fraction of sp³-hybridized carbons (Fsp3) is 0.528. The first-order valence-corrected chi connectivity index (χ1v) is 17.2. The molecule has 4 saturated heterocycles. The number of hydrogen-bond donors (Lipinski definition) is 2. The predicted octanol–water partition coefficient (Wildman–Crippen LogP) is 4.91. The van der Waals surface area contributed by atoms with E-state index in [0.29, 0.717) is 11.5 Å². The van der Waals surface area contributed by atoms with Gasteiger partial charge in [0.2, 0.25) is 0 Å². The Labute approximate surface area is 278 Å². The topological polar surface area (TPSA) is 98.3 Å². The average molecular weight is 641 g/mol. The van der Waals surface area contributed by atoms with Gasteiger partial charge in [-0.25, -0.2) is 14.8 Å². The first-order valence-electron chi connectivity index (χ1n) is 17.2. The fourth-order valence-electron chi connectivity index (χ4n) is 7.09. The number of urea groups is 1. The van der Waals surface area contributed by atoms with Gasteiger partial charge in [0.25, 0.3) is 0 Å². The number of carbonyl (C=O) groups excluding carboxylic acids is 1. The van der Waals surface area contributed by atoms with Crippen LogP contribution in [0.15, 0.2) is 54.6 Å². The summed E-state index contributed by atoms with van der Waals surface area (Å²) in [6, 6.07) is 17.7. The van der Waals surface area contributed by atoms with Crippen molar-refractivity contribution in [2.45, 2.75) is 64.1 Å². The van der Waals surface area contributed by atoms with Crippen molar-refractivity contribution in [1.82, 2.24) is 19.8 Å². The van der Waals surface area contributed by atoms with Crippen LogP contribution in [0.5, 0.6) is 0 Å². The van der Waals surface area contributed by atoms with Gasteiger partial charge in [-0.15, -0.1) is 0 Å². The minimum atomic E-state index is -0.279. The molecule has 4 unspecified atom stereocenters. The largest absolute Gasteiger partial charge is 0.372 e. The van der Waals surface area contributed by atoms with Gasteiger partial charge in [-0.2, -0.15) is 0 Å². The van der Waals surface area contributed by atoms with Crippen LogP contribution in [0.25, 0.3) is 11.4 Å². The molecule has 0 radical (unpaired) electrons. The van der Waals surface area contributed by atoms with E-state index in [0.717, 1.165) is 101 Å². The number of morpholine rings is 2. The van der Waals surface area contributed by atoms with Gasteiger partial charge in [-0.3, -0.25) is 4.90 Å². The van der Waals surface area contributed by atoms with E-state index < -0.39 is 0 Å². The van der Waals surface area contributed by atoms with E-state index in [1.165, 1.54) is 5.56 Å². The predicted molar refractivity (Wildman–Crippen MR) is 186 cm³/mol. The molecule has 47 heavy (non-hydrogen) atoms. The first-order chi connectivity index (χ1) is 22.9. The Balaban J connectivity index is 1.03. The van der Waals surface area contributed by atoms with E-state index >= 15 is 0 Å². The van der Waals surface area contributed by atoms with Crippen molar-refractivity contribution < 1.29 is 14.3 Å². The second-order valence-electron chi connectivity index (χ2n) is 13.6. The lowest BCUT2D eigenvalue weighted by atomic mass is 10.1. The van der Waals surface area contributed by atoms with E-state index in [9.17, 15) is 4.79 Å². The van der Waals surface area contributed by atoms with Crippen LogP contribution in [0.3, 0.4) is 0 Å². The van der Waals surface area contributed by atoms with Crippen molar-refractivity contribution in [2.24, 2.45) is 0 Å². The number of amides is 2. The minimum absolute atomic E-state index is 0.131. The number of ether oxygens (including phenoxy) is 2. The maximum Gasteiger partial charge on any atom is 0.323 e. The highest BCUT2D eigenvalue weighted by molar-refractivity contribution is 5.99. The standard InChI is InChI=1S/C36H48N8O3/c1-4-30-22-43(20-25(2)46-30)33-19-34(44-23-31-13-14-32(24-44)47-31)40-35(39-33)27-7-11-29(12-8-27)38-36(45)37-28-9-5-26(6-10-28)21-42-17-15-41(3)16-18-42/h5-12,19,25,30-32H,4,13-18,20-24H2,1-3H3,(H2,37,38,45). The van der Waals surface area contributed by atoms with Gasteiger partial charge in [0, 0.05) is 81.9 Å². The summed E-state index contributed by atoms with van der Waals surface area (Å²) in [4.78, 5) is 32.5. The van der Waals surface area contributed by atoms with Gasteiger partial charge in [0.15, 0.2) is 5.82 Å². The summed E-state index contributed by atoms with van der Waals surface area (Å²) in [5, 5.41) is 5.92. The molecular formula is C36H48N8O3. The molecule has 5 heterocycles. The lowest BCUT2D eigenvalue weighted by Crippen LogP contribution is -2.47. The number of piperazine rings is 1. The van der Waals surface area contributed by atoms with Gasteiger partial charge in [0.05, 0.1) is 24.4 Å². The van der Waals surface area contributed by atoms with E-state index in [1.54, 1.807) is 0 Å². The fourth-order valence-corrected chi connectivity index (χ4v) is 7.09. The van der Waals surface area contributed by atoms with E-state index in [4.69, 9.17) is 19.4 Å². The zero-order valence-electron chi connectivity index (χ0n) is 27.9. The zero-order valence-corrected chi connectivity index (χ0v) is 27.9. The van der Waals surface area contributed by atoms with Crippen molar-refractivity contribution in [1.29, 1.82) is 0 Å². The maximum absolute atomic E-state index is 12.9. The van der Waals surface area contributed by atoms with Crippen LogP contribution in [0.4, 0.5) is 27.8 Å². The second-order valence-corrected chi connectivity index (χ2v) is 13.6. The van der Waals surface area contributed by atoms with Gasteiger partial charge in [0.1, 0.15) is 11.6 Å². The van der Waals surface area contributed by atoms with Crippen LogP contribution in [0.2, 0.25) is 0 Å². The number of nitrogens with one attached hydrogen (secondary N) is 2. The van der Waals surface area contributed by atoms with E-state index in [1.807, 2.05) is 36.4 Å². The Morgan fingerprint density at radius 1 is 0.809 bits per heavy atom. The smallest absolute Gasteiger partial charge is 0.323 e. The van der Waals surface area contributed by atoms with Crippen LogP contribution in [0, 0.1) is 0 Å². The summed E-state index contributed by atoms with van der Waals surface area (Å²) >= 11 is 0. The van der Waals surface area contributed by atoms with Crippen molar-refractivity contribution >= 4 is 29.0 Å². The van der Waals surface area contributed by atoms with E-state index in [-0.39, 0.29) is 30.4 Å². The lowest BCUT2D eigenvalue weighted by molar-refractivity contribution is -0.0174. The summed E-state index contributed by atoms with van der Waals surface area (Å²) in [5.41, 5.74) is 3.62. The first kappa shape index (κ1) is 31.8. The molecule has 11 nitrogen and oxygen atoms in total. The Morgan fingerprint density at radius 3 is 2.02 bits per heavy atom. The summed E-state index contributed by atoms with van der Waals surface area (Å²) < 4.78 is 12.3. The van der Waals surface area contributed by atoms with Crippen LogP contribution in [-0.4, -0.2) is 110 Å². The Morgan fingerprint density at radius 2 is 1.40 bits per heavy atom. The molecule has 4 aliphatic heterocycles.